The van der Waals surface area contributed by atoms with E-state index >= 15 is 0 Å². The summed E-state index contributed by atoms with van der Waals surface area (Å²) in [5.74, 6) is 1.14. The zero-order valence-corrected chi connectivity index (χ0v) is 12.2. The van der Waals surface area contributed by atoms with Crippen molar-refractivity contribution in [3.05, 3.63) is 23.0 Å². The second-order valence-electron chi connectivity index (χ2n) is 5.42. The first kappa shape index (κ1) is 13.4. The molecule has 0 atom stereocenters. The Morgan fingerprint density at radius 2 is 2.20 bits per heavy atom. The fourth-order valence-corrected chi connectivity index (χ4v) is 2.86. The fourth-order valence-electron chi connectivity index (χ4n) is 2.86. The fraction of sp³-hybridized carbons (Fsp3) is 0.600. The van der Waals surface area contributed by atoms with Gasteiger partial charge in [-0.2, -0.15) is 9.61 Å². The van der Waals surface area contributed by atoms with Crippen molar-refractivity contribution in [1.82, 2.24) is 14.6 Å². The van der Waals surface area contributed by atoms with Crippen LogP contribution in [0, 0.1) is 0 Å². The summed E-state index contributed by atoms with van der Waals surface area (Å²) >= 11 is 0. The summed E-state index contributed by atoms with van der Waals surface area (Å²) in [6.07, 6.45) is 6.59. The van der Waals surface area contributed by atoms with E-state index in [4.69, 9.17) is 10.7 Å². The lowest BCUT2D eigenvalue weighted by molar-refractivity contribution is 0.660. The lowest BCUT2D eigenvalue weighted by Crippen LogP contribution is -2.17. The number of hydrogen-bond acceptors (Lipinski definition) is 4. The topological polar surface area (TPSA) is 68.2 Å². The van der Waals surface area contributed by atoms with Gasteiger partial charge in [-0.25, -0.2) is 4.98 Å². The zero-order chi connectivity index (χ0) is 13.9. The molecule has 0 fully saturated rings. The third-order valence-corrected chi connectivity index (χ3v) is 3.96. The van der Waals surface area contributed by atoms with Gasteiger partial charge in [-0.3, -0.25) is 0 Å². The molecule has 0 aromatic carbocycles. The molecule has 5 nitrogen and oxygen atoms in total. The Labute approximate surface area is 119 Å². The number of hydrogen-bond donors (Lipinski definition) is 2. The average molecular weight is 273 g/mol. The molecule has 0 bridgehead atoms. The van der Waals surface area contributed by atoms with E-state index < -0.39 is 0 Å². The monoisotopic (exact) mass is 273 g/mol. The Morgan fingerprint density at radius 3 is 3.00 bits per heavy atom. The van der Waals surface area contributed by atoms with Crippen LogP contribution in [-0.2, 0) is 19.3 Å². The van der Waals surface area contributed by atoms with Crippen LogP contribution in [0.4, 0.5) is 5.82 Å². The number of rotatable bonds is 5. The molecule has 2 aromatic heterocycles. The summed E-state index contributed by atoms with van der Waals surface area (Å²) in [5.41, 5.74) is 10.3. The number of nitrogens with one attached hydrogen (secondary N) is 1. The van der Waals surface area contributed by atoms with Crippen molar-refractivity contribution < 1.29 is 0 Å². The number of nitrogens with two attached hydrogens (primary N) is 1. The highest BCUT2D eigenvalue weighted by atomic mass is 15.3. The Morgan fingerprint density at radius 1 is 1.35 bits per heavy atom. The van der Waals surface area contributed by atoms with Crippen LogP contribution in [0.25, 0.3) is 5.65 Å². The molecule has 2 heterocycles. The molecule has 3 rings (SSSR count). The van der Waals surface area contributed by atoms with Crippen LogP contribution < -0.4 is 11.1 Å². The van der Waals surface area contributed by atoms with Crippen LogP contribution in [0.2, 0.25) is 0 Å². The molecule has 3 N–H and O–H groups in total. The van der Waals surface area contributed by atoms with E-state index in [2.05, 4.69) is 23.4 Å². The van der Waals surface area contributed by atoms with E-state index in [1.54, 1.807) is 0 Å². The van der Waals surface area contributed by atoms with E-state index in [1.807, 2.05) is 4.52 Å². The maximum atomic E-state index is 5.59. The maximum Gasteiger partial charge on any atom is 0.157 e. The molecule has 0 unspecified atom stereocenters. The van der Waals surface area contributed by atoms with E-state index in [-0.39, 0.29) is 0 Å². The summed E-state index contributed by atoms with van der Waals surface area (Å²) in [7, 11) is 0. The van der Waals surface area contributed by atoms with Crippen LogP contribution in [0.5, 0.6) is 0 Å². The second kappa shape index (κ2) is 5.79. The van der Waals surface area contributed by atoms with E-state index in [0.29, 0.717) is 6.54 Å². The third-order valence-electron chi connectivity index (χ3n) is 3.96. The first-order valence-electron chi connectivity index (χ1n) is 7.67. The van der Waals surface area contributed by atoms with E-state index in [9.17, 15) is 0 Å². The summed E-state index contributed by atoms with van der Waals surface area (Å²) in [6, 6.07) is 2.10. The maximum absolute atomic E-state index is 5.59. The van der Waals surface area contributed by atoms with Gasteiger partial charge in [0.2, 0.25) is 0 Å². The molecule has 0 spiro atoms. The Bertz CT molecular complexity index is 602. The highest BCUT2D eigenvalue weighted by Gasteiger charge is 2.19. The number of aryl methyl sites for hydroxylation is 2. The zero-order valence-electron chi connectivity index (χ0n) is 12.2. The number of nitrogens with zero attached hydrogens (tertiary/aromatic N) is 3. The molecule has 1 aliphatic rings. The van der Waals surface area contributed by atoms with Gasteiger partial charge in [0, 0.05) is 23.9 Å². The second-order valence-corrected chi connectivity index (χ2v) is 5.42. The predicted octanol–water partition coefficient (Wildman–Crippen LogP) is 1.93. The van der Waals surface area contributed by atoms with Gasteiger partial charge in [-0.15, -0.1) is 0 Å². The van der Waals surface area contributed by atoms with Crippen LogP contribution in [0.1, 0.15) is 43.1 Å². The van der Waals surface area contributed by atoms with Gasteiger partial charge in [-0.05, 0) is 45.1 Å². The largest absolute Gasteiger partial charge is 0.370 e. The van der Waals surface area contributed by atoms with Crippen LogP contribution in [0.3, 0.4) is 0 Å². The molecular formula is C15H23N5. The highest BCUT2D eigenvalue weighted by molar-refractivity contribution is 5.57. The third kappa shape index (κ3) is 2.38. The minimum absolute atomic E-state index is 0.711. The van der Waals surface area contributed by atoms with Crippen molar-refractivity contribution in [2.45, 2.75) is 45.4 Å². The summed E-state index contributed by atoms with van der Waals surface area (Å²) < 4.78 is 1.99. The van der Waals surface area contributed by atoms with Crippen molar-refractivity contribution in [2.24, 2.45) is 5.73 Å². The van der Waals surface area contributed by atoms with Gasteiger partial charge < -0.3 is 11.1 Å². The van der Waals surface area contributed by atoms with Crippen molar-refractivity contribution in [2.75, 3.05) is 18.4 Å². The molecule has 108 valence electrons. The van der Waals surface area contributed by atoms with Gasteiger partial charge in [0.15, 0.2) is 5.65 Å². The first-order chi connectivity index (χ1) is 9.83. The van der Waals surface area contributed by atoms with Crippen LogP contribution in [0.15, 0.2) is 6.07 Å². The lowest BCUT2D eigenvalue weighted by atomic mass is 9.96. The normalized spacial score (nSPS) is 14.5. The van der Waals surface area contributed by atoms with Gasteiger partial charge in [0.1, 0.15) is 5.82 Å². The van der Waals surface area contributed by atoms with Gasteiger partial charge >= 0.3 is 0 Å². The molecular weight excluding hydrogens is 250 g/mol. The van der Waals surface area contributed by atoms with Crippen LogP contribution in [-0.4, -0.2) is 27.7 Å². The molecule has 0 saturated carbocycles. The molecule has 0 saturated heterocycles. The van der Waals surface area contributed by atoms with E-state index in [1.165, 1.54) is 24.1 Å². The Balaban J connectivity index is 2.07. The minimum atomic E-state index is 0.711. The van der Waals surface area contributed by atoms with Crippen molar-refractivity contribution in [1.29, 1.82) is 0 Å². The summed E-state index contributed by atoms with van der Waals surface area (Å²) in [6.45, 7) is 3.73. The molecule has 0 aliphatic heterocycles. The molecule has 5 heteroatoms. The quantitative estimate of drug-likeness (QED) is 0.817. The van der Waals surface area contributed by atoms with Crippen molar-refractivity contribution in [3.63, 3.8) is 0 Å². The van der Waals surface area contributed by atoms with Crippen molar-refractivity contribution in [3.8, 4) is 0 Å². The lowest BCUT2D eigenvalue weighted by Gasteiger charge is -2.20. The Kier molecular flexibility index (Phi) is 3.87. The Hall–Kier alpha value is -1.62. The molecule has 2 aromatic rings. The molecule has 0 amide bonds. The molecule has 0 radical (unpaired) electrons. The first-order valence-corrected chi connectivity index (χ1v) is 7.67. The highest BCUT2D eigenvalue weighted by Crippen LogP contribution is 2.28. The van der Waals surface area contributed by atoms with Gasteiger partial charge in [0.05, 0.1) is 5.69 Å². The number of anilines is 1. The number of fused-ring (bicyclic) bond motifs is 2. The average Bonchev–Trinajstić information content (AvgIpc) is 2.89. The van der Waals surface area contributed by atoms with E-state index in [0.717, 1.165) is 49.4 Å². The van der Waals surface area contributed by atoms with Gasteiger partial charge in [-0.1, -0.05) is 6.92 Å². The SMILES string of the molecule is CCc1cc2nc3c(c(NCCCN)n2n1)CCCC3. The number of aromatic nitrogens is 3. The predicted molar refractivity (Wildman–Crippen MR) is 81.2 cm³/mol. The summed E-state index contributed by atoms with van der Waals surface area (Å²) in [5, 5.41) is 8.21. The van der Waals surface area contributed by atoms with Crippen LogP contribution >= 0.6 is 0 Å². The smallest absolute Gasteiger partial charge is 0.157 e. The standard InChI is InChI=1S/C15H23N5/c1-2-11-10-14-18-13-7-4-3-6-12(13)15(20(14)19-11)17-9-5-8-16/h10,17H,2-9,16H2,1H3. The molecule has 1 aliphatic carbocycles. The minimum Gasteiger partial charge on any atom is -0.370 e. The molecule has 20 heavy (non-hydrogen) atoms. The van der Waals surface area contributed by atoms with Gasteiger partial charge in [0.25, 0.3) is 0 Å². The summed E-state index contributed by atoms with van der Waals surface area (Å²) in [4.78, 5) is 4.81. The van der Waals surface area contributed by atoms with Crippen molar-refractivity contribution >= 4 is 11.5 Å².